The lowest BCUT2D eigenvalue weighted by Gasteiger charge is -2.25. The number of hydrogen-bond donors (Lipinski definition) is 0. The first-order valence-corrected chi connectivity index (χ1v) is 11.8. The average molecular weight is 450 g/mol. The summed E-state index contributed by atoms with van der Waals surface area (Å²) in [6.45, 7) is 8.99. The summed E-state index contributed by atoms with van der Waals surface area (Å²) in [7, 11) is 0. The molecular formula is C22H25F2N3OS2. The first-order valence-electron chi connectivity index (χ1n) is 9.99. The Morgan fingerprint density at radius 3 is 2.57 bits per heavy atom. The Morgan fingerprint density at radius 1 is 1.10 bits per heavy atom. The number of fused-ring (bicyclic) bond motifs is 1. The number of amides is 1. The van der Waals surface area contributed by atoms with E-state index in [4.69, 9.17) is 0 Å². The Labute approximate surface area is 183 Å². The minimum atomic E-state index is -0.718. The predicted octanol–water partition coefficient (Wildman–Crippen LogP) is 5.68. The van der Waals surface area contributed by atoms with Gasteiger partial charge in [0.1, 0.15) is 11.3 Å². The highest BCUT2D eigenvalue weighted by atomic mass is 32.2. The second-order valence-corrected chi connectivity index (χ2v) is 9.02. The van der Waals surface area contributed by atoms with Crippen molar-refractivity contribution in [1.82, 2.24) is 9.88 Å². The van der Waals surface area contributed by atoms with Crippen molar-refractivity contribution in [2.24, 2.45) is 0 Å². The quantitative estimate of drug-likeness (QED) is 0.394. The van der Waals surface area contributed by atoms with Gasteiger partial charge in [0.25, 0.3) is 5.91 Å². The van der Waals surface area contributed by atoms with E-state index < -0.39 is 11.6 Å². The number of anilines is 1. The highest BCUT2D eigenvalue weighted by molar-refractivity contribution is 7.99. The molecule has 0 aliphatic carbocycles. The third-order valence-corrected chi connectivity index (χ3v) is 6.71. The smallest absolute Gasteiger partial charge is 0.260 e. The van der Waals surface area contributed by atoms with Gasteiger partial charge in [-0.05, 0) is 43.1 Å². The van der Waals surface area contributed by atoms with E-state index in [1.165, 1.54) is 6.07 Å². The van der Waals surface area contributed by atoms with Gasteiger partial charge in [0.2, 0.25) is 0 Å². The number of aromatic nitrogens is 1. The molecule has 0 aliphatic rings. The molecule has 0 saturated heterocycles. The summed E-state index contributed by atoms with van der Waals surface area (Å²) in [6, 6.07) is 9.56. The van der Waals surface area contributed by atoms with Gasteiger partial charge >= 0.3 is 0 Å². The number of hydrogen-bond acceptors (Lipinski definition) is 5. The van der Waals surface area contributed by atoms with E-state index in [0.29, 0.717) is 28.5 Å². The zero-order chi connectivity index (χ0) is 21.7. The van der Waals surface area contributed by atoms with Crippen LogP contribution in [0, 0.1) is 11.6 Å². The zero-order valence-electron chi connectivity index (χ0n) is 17.3. The Hall–Kier alpha value is -2.03. The van der Waals surface area contributed by atoms with Crippen LogP contribution in [0.2, 0.25) is 0 Å². The van der Waals surface area contributed by atoms with Crippen LogP contribution in [-0.4, -0.2) is 47.7 Å². The first-order chi connectivity index (χ1) is 14.5. The Kier molecular flexibility index (Phi) is 7.80. The normalized spacial score (nSPS) is 11.4. The molecule has 4 nitrogen and oxygen atoms in total. The van der Waals surface area contributed by atoms with Gasteiger partial charge in [-0.3, -0.25) is 9.69 Å². The number of carbonyl (C=O) groups excluding carboxylic acids is 1. The van der Waals surface area contributed by atoms with Crippen molar-refractivity contribution >= 4 is 44.4 Å². The van der Waals surface area contributed by atoms with Crippen molar-refractivity contribution in [3.8, 4) is 0 Å². The van der Waals surface area contributed by atoms with Crippen LogP contribution in [0.4, 0.5) is 13.9 Å². The van der Waals surface area contributed by atoms with Crippen LogP contribution in [-0.2, 0) is 0 Å². The molecule has 0 saturated carbocycles. The molecule has 0 spiro atoms. The van der Waals surface area contributed by atoms with Crippen LogP contribution in [0.25, 0.3) is 10.2 Å². The van der Waals surface area contributed by atoms with Gasteiger partial charge in [-0.1, -0.05) is 38.2 Å². The van der Waals surface area contributed by atoms with Crippen LogP contribution in [0.1, 0.15) is 31.1 Å². The number of likely N-dealkylation sites (N-methyl/N-ethyl adjacent to an activating group) is 1. The second-order valence-electron chi connectivity index (χ2n) is 6.68. The van der Waals surface area contributed by atoms with Crippen LogP contribution in [0.3, 0.4) is 0 Å². The van der Waals surface area contributed by atoms with Gasteiger partial charge < -0.3 is 4.90 Å². The highest BCUT2D eigenvalue weighted by Gasteiger charge is 2.23. The Balaban J connectivity index is 1.99. The Morgan fingerprint density at radius 2 is 1.87 bits per heavy atom. The summed E-state index contributed by atoms with van der Waals surface area (Å²) in [6.07, 6.45) is 0. The maximum absolute atomic E-state index is 14.2. The lowest BCUT2D eigenvalue weighted by Crippen LogP contribution is -2.38. The second kappa shape index (κ2) is 10.3. The number of thiazole rings is 1. The SMILES string of the molecule is CCSc1cccc(C(=O)N(CCN(CC)CC)c2nc3c(F)cc(F)cc3s2)c1. The van der Waals surface area contributed by atoms with E-state index in [2.05, 4.69) is 30.7 Å². The molecule has 0 aliphatic heterocycles. The molecule has 3 aromatic rings. The molecule has 0 unspecified atom stereocenters. The topological polar surface area (TPSA) is 36.4 Å². The van der Waals surface area contributed by atoms with Crippen molar-refractivity contribution < 1.29 is 13.6 Å². The fraction of sp³-hybridized carbons (Fsp3) is 0.364. The molecule has 0 atom stereocenters. The number of benzene rings is 2. The molecule has 8 heteroatoms. The van der Waals surface area contributed by atoms with Gasteiger partial charge in [0.15, 0.2) is 10.9 Å². The third kappa shape index (κ3) is 5.17. The van der Waals surface area contributed by atoms with Crippen LogP contribution >= 0.6 is 23.1 Å². The van der Waals surface area contributed by atoms with E-state index in [1.54, 1.807) is 22.7 Å². The van der Waals surface area contributed by atoms with E-state index in [0.717, 1.165) is 41.1 Å². The fourth-order valence-electron chi connectivity index (χ4n) is 3.17. The molecule has 1 heterocycles. The van der Waals surface area contributed by atoms with Crippen molar-refractivity contribution in [1.29, 1.82) is 0 Å². The standard InChI is InChI=1S/C22H25F2N3OS2/c1-4-26(5-2)10-11-27(21(28)15-8-7-9-17(12-15)29-6-3)22-25-20-18(24)13-16(23)14-19(20)30-22/h7-9,12-14H,4-6,10-11H2,1-3H3. The van der Waals surface area contributed by atoms with Crippen molar-refractivity contribution in [3.05, 3.63) is 53.6 Å². The molecule has 0 N–H and O–H groups in total. The number of carbonyl (C=O) groups is 1. The van der Waals surface area contributed by atoms with Gasteiger partial charge in [-0.25, -0.2) is 13.8 Å². The summed E-state index contributed by atoms with van der Waals surface area (Å²) in [5.74, 6) is -0.655. The molecule has 0 bridgehead atoms. The molecule has 3 rings (SSSR count). The minimum Gasteiger partial charge on any atom is -0.302 e. The zero-order valence-corrected chi connectivity index (χ0v) is 19.0. The van der Waals surface area contributed by atoms with E-state index in [1.807, 2.05) is 18.2 Å². The van der Waals surface area contributed by atoms with Crippen molar-refractivity contribution in [3.63, 3.8) is 0 Å². The largest absolute Gasteiger partial charge is 0.302 e. The van der Waals surface area contributed by atoms with E-state index in [9.17, 15) is 13.6 Å². The summed E-state index contributed by atoms with van der Waals surface area (Å²) >= 11 is 2.79. The van der Waals surface area contributed by atoms with Crippen LogP contribution in [0.15, 0.2) is 41.3 Å². The molecule has 0 fully saturated rings. The average Bonchev–Trinajstić information content (AvgIpc) is 3.15. The van der Waals surface area contributed by atoms with E-state index >= 15 is 0 Å². The molecule has 0 radical (unpaired) electrons. The van der Waals surface area contributed by atoms with Crippen molar-refractivity contribution in [2.45, 2.75) is 25.7 Å². The summed E-state index contributed by atoms with van der Waals surface area (Å²) in [4.78, 5) is 22.6. The molecule has 30 heavy (non-hydrogen) atoms. The lowest BCUT2D eigenvalue weighted by atomic mass is 10.2. The number of rotatable bonds is 9. The summed E-state index contributed by atoms with van der Waals surface area (Å²) in [5.41, 5.74) is 0.645. The molecular weight excluding hydrogens is 424 g/mol. The van der Waals surface area contributed by atoms with Crippen LogP contribution < -0.4 is 4.90 Å². The first kappa shape index (κ1) is 22.7. The van der Waals surface area contributed by atoms with Crippen LogP contribution in [0.5, 0.6) is 0 Å². The van der Waals surface area contributed by atoms with E-state index in [-0.39, 0.29) is 11.4 Å². The van der Waals surface area contributed by atoms with Gasteiger partial charge in [0.05, 0.1) is 4.70 Å². The fourth-order valence-corrected chi connectivity index (χ4v) is 4.92. The minimum absolute atomic E-state index is 0.0901. The molecule has 1 aromatic heterocycles. The molecule has 1 amide bonds. The summed E-state index contributed by atoms with van der Waals surface area (Å²) < 4.78 is 28.2. The van der Waals surface area contributed by atoms with Gasteiger partial charge in [0, 0.05) is 29.6 Å². The Bertz CT molecular complexity index is 1020. The summed E-state index contributed by atoms with van der Waals surface area (Å²) in [5, 5.41) is 0.375. The number of nitrogens with zero attached hydrogens (tertiary/aromatic N) is 3. The van der Waals surface area contributed by atoms with Gasteiger partial charge in [-0.2, -0.15) is 0 Å². The highest BCUT2D eigenvalue weighted by Crippen LogP contribution is 2.32. The maximum atomic E-state index is 14.2. The number of thioether (sulfide) groups is 1. The molecule has 160 valence electrons. The van der Waals surface area contributed by atoms with Gasteiger partial charge in [-0.15, -0.1) is 11.8 Å². The lowest BCUT2D eigenvalue weighted by molar-refractivity contribution is 0.0983. The predicted molar refractivity (Wildman–Crippen MR) is 122 cm³/mol. The monoisotopic (exact) mass is 449 g/mol. The maximum Gasteiger partial charge on any atom is 0.260 e. The van der Waals surface area contributed by atoms with Crippen molar-refractivity contribution in [2.75, 3.05) is 36.8 Å². The molecule has 2 aromatic carbocycles. The number of halogens is 2. The third-order valence-electron chi connectivity index (χ3n) is 4.80.